The van der Waals surface area contributed by atoms with E-state index in [4.69, 9.17) is 21.1 Å². The van der Waals surface area contributed by atoms with Crippen LogP contribution in [0, 0.1) is 0 Å². The first-order valence-corrected chi connectivity index (χ1v) is 7.34. The molecule has 0 fully saturated rings. The molecule has 23 heavy (non-hydrogen) atoms. The number of aromatic nitrogens is 1. The van der Waals surface area contributed by atoms with E-state index in [2.05, 4.69) is 4.98 Å². The maximum absolute atomic E-state index is 12.7. The molecule has 0 saturated carbocycles. The van der Waals surface area contributed by atoms with Crippen LogP contribution in [0.5, 0.6) is 11.5 Å². The van der Waals surface area contributed by atoms with Gasteiger partial charge in [0.25, 0.3) is 0 Å². The van der Waals surface area contributed by atoms with Crippen LogP contribution in [0.25, 0.3) is 0 Å². The summed E-state index contributed by atoms with van der Waals surface area (Å²) < 4.78 is 10.5. The van der Waals surface area contributed by atoms with Crippen LogP contribution in [0.15, 0.2) is 30.5 Å². The van der Waals surface area contributed by atoms with Crippen molar-refractivity contribution >= 4 is 29.0 Å². The highest BCUT2D eigenvalue weighted by Crippen LogP contribution is 2.35. The monoisotopic (exact) mass is 333 g/mol. The second kappa shape index (κ2) is 5.96. The summed E-state index contributed by atoms with van der Waals surface area (Å²) in [5.74, 6) is 1.24. The number of halogens is 1. The Hall–Kier alpha value is -2.47. The average molecular weight is 334 g/mol. The Labute approximate surface area is 139 Å². The molecule has 6 nitrogen and oxygen atoms in total. The van der Waals surface area contributed by atoms with Gasteiger partial charge in [-0.3, -0.25) is 9.80 Å². The molecule has 1 aliphatic rings. The van der Waals surface area contributed by atoms with Crippen molar-refractivity contribution < 1.29 is 14.3 Å². The van der Waals surface area contributed by atoms with Gasteiger partial charge in [0.15, 0.2) is 0 Å². The molecule has 7 heteroatoms. The van der Waals surface area contributed by atoms with Gasteiger partial charge < -0.3 is 9.47 Å². The zero-order chi connectivity index (χ0) is 16.6. The number of hydrogen-bond acceptors (Lipinski definition) is 4. The summed E-state index contributed by atoms with van der Waals surface area (Å²) in [5, 5.41) is 0.361. The first kappa shape index (κ1) is 15.4. The predicted octanol–water partition coefficient (Wildman–Crippen LogP) is 3.33. The molecule has 1 aliphatic heterocycles. The summed E-state index contributed by atoms with van der Waals surface area (Å²) in [4.78, 5) is 20.0. The Kier molecular flexibility index (Phi) is 4.00. The zero-order valence-corrected chi connectivity index (χ0v) is 13.8. The third-order valence-corrected chi connectivity index (χ3v) is 3.99. The Morgan fingerprint density at radius 3 is 2.39 bits per heavy atom. The van der Waals surface area contributed by atoms with Gasteiger partial charge in [0, 0.05) is 37.0 Å². The van der Waals surface area contributed by atoms with Crippen LogP contribution < -0.4 is 19.3 Å². The first-order chi connectivity index (χ1) is 11.0. The first-order valence-electron chi connectivity index (χ1n) is 6.96. The van der Waals surface area contributed by atoms with E-state index in [0.717, 1.165) is 11.3 Å². The van der Waals surface area contributed by atoms with Crippen molar-refractivity contribution in [3.8, 4) is 11.5 Å². The van der Waals surface area contributed by atoms with E-state index >= 15 is 0 Å². The maximum atomic E-state index is 12.7. The molecule has 2 amide bonds. The van der Waals surface area contributed by atoms with E-state index in [1.165, 1.54) is 0 Å². The fourth-order valence-electron chi connectivity index (χ4n) is 2.55. The number of rotatable bonds is 3. The van der Waals surface area contributed by atoms with Crippen molar-refractivity contribution in [2.24, 2.45) is 0 Å². The van der Waals surface area contributed by atoms with E-state index in [9.17, 15) is 4.79 Å². The van der Waals surface area contributed by atoms with E-state index in [1.54, 1.807) is 61.5 Å². The fourth-order valence-corrected chi connectivity index (χ4v) is 2.71. The van der Waals surface area contributed by atoms with Gasteiger partial charge in [0.1, 0.15) is 16.7 Å². The molecular formula is C16H16ClN3O3. The van der Waals surface area contributed by atoms with E-state index in [0.29, 0.717) is 28.9 Å². The highest BCUT2D eigenvalue weighted by atomic mass is 35.5. The molecule has 0 bridgehead atoms. The lowest BCUT2D eigenvalue weighted by atomic mass is 10.1. The normalized spacial score (nSPS) is 13.8. The number of ether oxygens (including phenoxy) is 2. The van der Waals surface area contributed by atoms with Crippen LogP contribution in [-0.2, 0) is 6.54 Å². The lowest BCUT2D eigenvalue weighted by molar-refractivity contribution is 0.251. The second-order valence-electron chi connectivity index (χ2n) is 5.13. The molecular weight excluding hydrogens is 318 g/mol. The van der Waals surface area contributed by atoms with Gasteiger partial charge in [0.05, 0.1) is 32.1 Å². The highest BCUT2D eigenvalue weighted by Gasteiger charge is 2.29. The number of methoxy groups -OCH3 is 2. The lowest BCUT2D eigenvalue weighted by Crippen LogP contribution is -2.45. The predicted molar refractivity (Wildman–Crippen MR) is 88.8 cm³/mol. The number of benzene rings is 1. The molecule has 1 aromatic heterocycles. The van der Waals surface area contributed by atoms with Crippen LogP contribution >= 0.6 is 11.6 Å². The van der Waals surface area contributed by atoms with Gasteiger partial charge in [-0.05, 0) is 6.07 Å². The number of urea groups is 1. The van der Waals surface area contributed by atoms with E-state index in [-0.39, 0.29) is 6.03 Å². The van der Waals surface area contributed by atoms with Crippen LogP contribution in [-0.4, -0.2) is 32.3 Å². The average Bonchev–Trinajstić information content (AvgIpc) is 2.58. The van der Waals surface area contributed by atoms with Crippen LogP contribution in [0.4, 0.5) is 16.2 Å². The van der Waals surface area contributed by atoms with Crippen LogP contribution in [0.1, 0.15) is 5.56 Å². The third kappa shape index (κ3) is 2.77. The molecule has 0 radical (unpaired) electrons. The number of carbonyl (C=O) groups excluding carboxylic acids is 1. The number of amides is 2. The maximum Gasteiger partial charge on any atom is 0.329 e. The Bertz CT molecular complexity index is 744. The molecule has 0 unspecified atom stereocenters. The standard InChI is InChI=1S/C16H16ClN3O3/c1-19-14-7-15(17)18-8-10(14)9-20(16(19)21)11-4-12(22-2)6-13(5-11)23-3/h4-8H,9H2,1-3H3. The molecule has 0 atom stereocenters. The van der Waals surface area contributed by atoms with Gasteiger partial charge in [-0.25, -0.2) is 9.78 Å². The largest absolute Gasteiger partial charge is 0.497 e. The number of carbonyl (C=O) groups is 1. The molecule has 120 valence electrons. The number of nitrogens with zero attached hydrogens (tertiary/aromatic N) is 3. The Morgan fingerprint density at radius 1 is 1.13 bits per heavy atom. The molecule has 0 spiro atoms. The van der Waals surface area contributed by atoms with Crippen molar-refractivity contribution in [1.29, 1.82) is 0 Å². The SMILES string of the molecule is COc1cc(OC)cc(N2Cc3cnc(Cl)cc3N(C)C2=O)c1. The summed E-state index contributed by atoms with van der Waals surface area (Å²) in [6.45, 7) is 0.402. The van der Waals surface area contributed by atoms with Gasteiger partial charge in [0.2, 0.25) is 0 Å². The Morgan fingerprint density at radius 2 is 1.78 bits per heavy atom. The minimum absolute atomic E-state index is 0.157. The molecule has 0 saturated heterocycles. The molecule has 2 heterocycles. The van der Waals surface area contributed by atoms with Gasteiger partial charge in [-0.15, -0.1) is 0 Å². The van der Waals surface area contributed by atoms with Crippen molar-refractivity contribution in [3.05, 3.63) is 41.2 Å². The third-order valence-electron chi connectivity index (χ3n) is 3.78. The summed E-state index contributed by atoms with van der Waals surface area (Å²) in [5.41, 5.74) is 2.37. The minimum Gasteiger partial charge on any atom is -0.497 e. The molecule has 0 N–H and O–H groups in total. The highest BCUT2D eigenvalue weighted by molar-refractivity contribution is 6.29. The zero-order valence-electron chi connectivity index (χ0n) is 13.0. The van der Waals surface area contributed by atoms with Crippen molar-refractivity contribution in [2.75, 3.05) is 31.1 Å². The molecule has 1 aromatic carbocycles. The Balaban J connectivity index is 2.04. The van der Waals surface area contributed by atoms with Crippen molar-refractivity contribution in [1.82, 2.24) is 4.98 Å². The number of hydrogen-bond donors (Lipinski definition) is 0. The van der Waals surface area contributed by atoms with Gasteiger partial charge in [-0.1, -0.05) is 11.6 Å². The minimum atomic E-state index is -0.157. The van der Waals surface area contributed by atoms with Gasteiger partial charge in [-0.2, -0.15) is 0 Å². The fraction of sp³-hybridized carbons (Fsp3) is 0.250. The van der Waals surface area contributed by atoms with Crippen LogP contribution in [0.3, 0.4) is 0 Å². The molecule has 0 aliphatic carbocycles. The summed E-state index contributed by atoms with van der Waals surface area (Å²) in [6.07, 6.45) is 1.69. The van der Waals surface area contributed by atoms with Crippen molar-refractivity contribution in [3.63, 3.8) is 0 Å². The van der Waals surface area contributed by atoms with E-state index < -0.39 is 0 Å². The van der Waals surface area contributed by atoms with Crippen LogP contribution in [0.2, 0.25) is 5.15 Å². The van der Waals surface area contributed by atoms with Gasteiger partial charge >= 0.3 is 6.03 Å². The van der Waals surface area contributed by atoms with E-state index in [1.807, 2.05) is 0 Å². The number of fused-ring (bicyclic) bond motifs is 1. The number of pyridine rings is 1. The summed E-state index contributed by atoms with van der Waals surface area (Å²) in [7, 11) is 4.86. The summed E-state index contributed by atoms with van der Waals surface area (Å²) in [6, 6.07) is 6.88. The van der Waals surface area contributed by atoms with Crippen molar-refractivity contribution in [2.45, 2.75) is 6.54 Å². The quantitative estimate of drug-likeness (QED) is 0.808. The molecule has 3 rings (SSSR count). The number of anilines is 2. The second-order valence-corrected chi connectivity index (χ2v) is 5.52. The summed E-state index contributed by atoms with van der Waals surface area (Å²) >= 11 is 5.93. The topological polar surface area (TPSA) is 54.9 Å². The smallest absolute Gasteiger partial charge is 0.329 e. The molecule has 2 aromatic rings. The lowest BCUT2D eigenvalue weighted by Gasteiger charge is -2.35.